The second-order valence-corrected chi connectivity index (χ2v) is 6.45. The summed E-state index contributed by atoms with van der Waals surface area (Å²) in [5.41, 5.74) is 0. The number of aldehydes is 1. The molecule has 0 radical (unpaired) electrons. The minimum absolute atomic E-state index is 0.129. The number of hydrogen-bond donors (Lipinski definition) is 0. The first-order valence-corrected chi connectivity index (χ1v) is 9.36. The molecule has 124 valence electrons. The third-order valence-corrected chi connectivity index (χ3v) is 4.02. The Morgan fingerprint density at radius 3 is 2.45 bits per heavy atom. The zero-order valence-corrected chi connectivity index (χ0v) is 15.0. The number of carbonyl (C=O) groups excluding carboxylic acids is 2. The molecule has 1 aromatic carbocycles. The highest BCUT2D eigenvalue weighted by Gasteiger charge is 2.13. The van der Waals surface area contributed by atoms with E-state index in [9.17, 15) is 9.59 Å². The number of esters is 1. The number of carbonyl (C=O) groups is 2. The van der Waals surface area contributed by atoms with Crippen molar-refractivity contribution in [3.63, 3.8) is 0 Å². The Morgan fingerprint density at radius 2 is 1.95 bits per heavy atom. The fourth-order valence-corrected chi connectivity index (χ4v) is 2.22. The molecular formula is C16H24O4S2. The van der Waals surface area contributed by atoms with Crippen LogP contribution in [0.2, 0.25) is 0 Å². The van der Waals surface area contributed by atoms with Crippen LogP contribution in [0.4, 0.5) is 0 Å². The van der Waals surface area contributed by atoms with Crippen molar-refractivity contribution >= 4 is 35.8 Å². The third-order valence-electron chi connectivity index (χ3n) is 2.40. The van der Waals surface area contributed by atoms with Gasteiger partial charge in [-0.2, -0.15) is 11.8 Å². The highest BCUT2D eigenvalue weighted by molar-refractivity contribution is 7.99. The Bertz CT molecular complexity index is 396. The van der Waals surface area contributed by atoms with E-state index in [-0.39, 0.29) is 6.61 Å². The Balaban J connectivity index is 0.000000980. The number of ether oxygens (including phenoxy) is 2. The first-order chi connectivity index (χ1) is 10.7. The number of rotatable bonds is 9. The van der Waals surface area contributed by atoms with Gasteiger partial charge in [-0.3, -0.25) is 4.79 Å². The second-order valence-electron chi connectivity index (χ2n) is 4.12. The van der Waals surface area contributed by atoms with E-state index >= 15 is 0 Å². The molecule has 0 aromatic heterocycles. The molecule has 1 unspecified atom stereocenters. The van der Waals surface area contributed by atoms with Gasteiger partial charge in [-0.25, -0.2) is 4.79 Å². The van der Waals surface area contributed by atoms with Gasteiger partial charge < -0.3 is 9.47 Å². The summed E-state index contributed by atoms with van der Waals surface area (Å²) >= 11 is 3.48. The van der Waals surface area contributed by atoms with Gasteiger partial charge in [0.15, 0.2) is 12.4 Å². The van der Waals surface area contributed by atoms with Gasteiger partial charge in [-0.1, -0.05) is 25.1 Å². The Kier molecular flexibility index (Phi) is 14.3. The number of hydrogen-bond acceptors (Lipinski definition) is 6. The van der Waals surface area contributed by atoms with Crippen LogP contribution in [0.1, 0.15) is 13.3 Å². The molecule has 0 aliphatic heterocycles. The van der Waals surface area contributed by atoms with Crippen LogP contribution in [0.25, 0.3) is 0 Å². The topological polar surface area (TPSA) is 52.6 Å². The fraction of sp³-hybridized carbons (Fsp3) is 0.500. The van der Waals surface area contributed by atoms with Crippen LogP contribution < -0.4 is 0 Å². The zero-order chi connectivity index (χ0) is 16.6. The van der Waals surface area contributed by atoms with Crippen LogP contribution in [0.5, 0.6) is 0 Å². The van der Waals surface area contributed by atoms with Crippen LogP contribution in [0.3, 0.4) is 0 Å². The van der Waals surface area contributed by atoms with E-state index < -0.39 is 12.1 Å². The number of benzene rings is 1. The summed E-state index contributed by atoms with van der Waals surface area (Å²) < 4.78 is 9.56. The van der Waals surface area contributed by atoms with Crippen molar-refractivity contribution in [1.82, 2.24) is 0 Å². The minimum atomic E-state index is -0.691. The molecule has 0 saturated carbocycles. The van der Waals surface area contributed by atoms with Crippen molar-refractivity contribution in [3.05, 3.63) is 30.3 Å². The maximum absolute atomic E-state index is 11.1. The second kappa shape index (κ2) is 14.9. The van der Waals surface area contributed by atoms with Crippen LogP contribution in [-0.4, -0.2) is 49.8 Å². The molecule has 1 rings (SSSR count). The molecule has 0 bridgehead atoms. The monoisotopic (exact) mass is 344 g/mol. The molecule has 0 N–H and O–H groups in total. The molecule has 1 atom stereocenters. The highest BCUT2D eigenvalue weighted by atomic mass is 32.2. The van der Waals surface area contributed by atoms with Crippen molar-refractivity contribution in [2.75, 3.05) is 31.5 Å². The lowest BCUT2D eigenvalue weighted by atomic mass is 10.3. The van der Waals surface area contributed by atoms with Crippen molar-refractivity contribution in [1.29, 1.82) is 0 Å². The Hall–Kier alpha value is -0.980. The van der Waals surface area contributed by atoms with E-state index in [1.807, 2.05) is 42.1 Å². The highest BCUT2D eigenvalue weighted by Crippen LogP contribution is 2.18. The maximum atomic E-state index is 11.1. The smallest absolute Gasteiger partial charge is 0.332 e. The van der Waals surface area contributed by atoms with E-state index in [0.717, 1.165) is 4.90 Å². The fourth-order valence-electron chi connectivity index (χ4n) is 1.29. The number of methoxy groups -OCH3 is 1. The molecule has 0 saturated heterocycles. The molecule has 22 heavy (non-hydrogen) atoms. The molecule has 0 aliphatic rings. The third kappa shape index (κ3) is 11.7. The van der Waals surface area contributed by atoms with Gasteiger partial charge in [0.25, 0.3) is 0 Å². The molecule has 0 heterocycles. The summed E-state index contributed by atoms with van der Waals surface area (Å²) in [6.07, 6.45) is 2.56. The van der Waals surface area contributed by atoms with Crippen LogP contribution in [0.15, 0.2) is 35.2 Å². The van der Waals surface area contributed by atoms with Crippen molar-refractivity contribution < 1.29 is 19.1 Å². The van der Waals surface area contributed by atoms with E-state index in [4.69, 9.17) is 4.74 Å². The van der Waals surface area contributed by atoms with E-state index in [2.05, 4.69) is 17.9 Å². The lowest BCUT2D eigenvalue weighted by Gasteiger charge is -2.11. The SMILES string of the molecule is CCSC.COCC(=O)OC(C=O)CCSc1ccccc1. The summed E-state index contributed by atoms with van der Waals surface area (Å²) in [6, 6.07) is 9.86. The largest absolute Gasteiger partial charge is 0.453 e. The van der Waals surface area contributed by atoms with E-state index in [0.29, 0.717) is 18.5 Å². The molecule has 6 heteroatoms. The average molecular weight is 344 g/mol. The van der Waals surface area contributed by atoms with Gasteiger partial charge in [0.1, 0.15) is 6.61 Å². The summed E-state index contributed by atoms with van der Waals surface area (Å²) in [7, 11) is 1.41. The molecule has 0 spiro atoms. The molecule has 0 amide bonds. The predicted octanol–water partition coefficient (Wildman–Crippen LogP) is 3.30. The van der Waals surface area contributed by atoms with Crippen LogP contribution in [-0.2, 0) is 19.1 Å². The first-order valence-electron chi connectivity index (χ1n) is 6.98. The summed E-state index contributed by atoms with van der Waals surface area (Å²) in [5, 5.41) is 0. The lowest BCUT2D eigenvalue weighted by Crippen LogP contribution is -2.23. The maximum Gasteiger partial charge on any atom is 0.332 e. The Labute approximate surface area is 141 Å². The van der Waals surface area contributed by atoms with Crippen molar-refractivity contribution in [3.8, 4) is 0 Å². The number of thioether (sulfide) groups is 2. The van der Waals surface area contributed by atoms with Crippen molar-refractivity contribution in [2.45, 2.75) is 24.3 Å². The molecule has 0 aliphatic carbocycles. The molecule has 1 aromatic rings. The Morgan fingerprint density at radius 1 is 1.32 bits per heavy atom. The van der Waals surface area contributed by atoms with Gasteiger partial charge in [0.2, 0.25) is 0 Å². The summed E-state index contributed by atoms with van der Waals surface area (Å²) in [4.78, 5) is 23.0. The zero-order valence-electron chi connectivity index (χ0n) is 13.3. The van der Waals surface area contributed by atoms with E-state index in [1.54, 1.807) is 11.8 Å². The van der Waals surface area contributed by atoms with Crippen molar-refractivity contribution in [2.24, 2.45) is 0 Å². The molecule has 0 fully saturated rings. The van der Waals surface area contributed by atoms with Gasteiger partial charge >= 0.3 is 5.97 Å². The summed E-state index contributed by atoms with van der Waals surface area (Å²) in [5.74, 6) is 1.44. The van der Waals surface area contributed by atoms with E-state index in [1.165, 1.54) is 12.9 Å². The summed E-state index contributed by atoms with van der Waals surface area (Å²) in [6.45, 7) is 2.01. The minimum Gasteiger partial charge on any atom is -0.453 e. The standard InChI is InChI=1S/C13H16O4S.C3H8S/c1-16-10-13(15)17-11(9-14)7-8-18-12-5-3-2-4-6-12;1-3-4-2/h2-6,9,11H,7-8,10H2,1H3;3H2,1-2H3. The molecule has 4 nitrogen and oxygen atoms in total. The molecular weight excluding hydrogens is 320 g/mol. The van der Waals surface area contributed by atoms with Crippen LogP contribution >= 0.6 is 23.5 Å². The first kappa shape index (κ1) is 21.0. The average Bonchev–Trinajstić information content (AvgIpc) is 2.55. The van der Waals surface area contributed by atoms with Gasteiger partial charge in [0.05, 0.1) is 0 Å². The van der Waals surface area contributed by atoms with Gasteiger partial charge in [-0.15, -0.1) is 11.8 Å². The quantitative estimate of drug-likeness (QED) is 0.389. The normalized spacial score (nSPS) is 11.0. The predicted molar refractivity (Wildman–Crippen MR) is 93.7 cm³/mol. The van der Waals surface area contributed by atoms with Gasteiger partial charge in [0, 0.05) is 24.2 Å². The van der Waals surface area contributed by atoms with Crippen LogP contribution in [0, 0.1) is 0 Å². The lowest BCUT2D eigenvalue weighted by molar-refractivity contribution is -0.155. The van der Waals surface area contributed by atoms with Gasteiger partial charge in [-0.05, 0) is 24.1 Å².